The molecule has 1 aliphatic carbocycles. The van der Waals surface area contributed by atoms with Crippen molar-refractivity contribution in [3.63, 3.8) is 0 Å². The predicted molar refractivity (Wildman–Crippen MR) is 111 cm³/mol. The van der Waals surface area contributed by atoms with Gasteiger partial charge in [-0.15, -0.1) is 0 Å². The maximum Gasteiger partial charge on any atom is 0.254 e. The predicted octanol–water partition coefficient (Wildman–Crippen LogP) is 3.47. The quantitative estimate of drug-likeness (QED) is 0.832. The van der Waals surface area contributed by atoms with E-state index >= 15 is 0 Å². The summed E-state index contributed by atoms with van der Waals surface area (Å²) in [7, 11) is 1.71. The Morgan fingerprint density at radius 1 is 1.14 bits per heavy atom. The van der Waals surface area contributed by atoms with Crippen molar-refractivity contribution in [2.45, 2.75) is 57.3 Å². The molecular formula is C23H31N3O2. The lowest BCUT2D eigenvalue weighted by Gasteiger charge is -2.32. The Hall–Kier alpha value is -2.14. The Morgan fingerprint density at radius 3 is 2.64 bits per heavy atom. The van der Waals surface area contributed by atoms with Crippen molar-refractivity contribution in [2.75, 3.05) is 26.7 Å². The van der Waals surface area contributed by atoms with Gasteiger partial charge in [0.25, 0.3) is 5.56 Å². The first-order valence-corrected chi connectivity index (χ1v) is 10.7. The molecule has 2 aromatic rings. The number of likely N-dealkylation sites (tertiary alicyclic amines) is 1. The molecular weight excluding hydrogens is 350 g/mol. The molecule has 0 amide bonds. The normalized spacial score (nSPS) is 18.0. The highest BCUT2D eigenvalue weighted by Gasteiger charge is 2.20. The standard InChI is InChI=1S/C23H31N3O2/c1-28-19-10-8-17(9-11-19)18-12-15-26(16-13-18)14-4-7-22-24-21-6-3-2-5-20(21)23(27)25-22/h8-11,18H,2-7,12-16H2,1H3,(H,24,25,27). The van der Waals surface area contributed by atoms with E-state index in [-0.39, 0.29) is 5.56 Å². The minimum atomic E-state index is 0.0972. The van der Waals surface area contributed by atoms with Crippen LogP contribution in [-0.2, 0) is 19.3 Å². The molecule has 1 aromatic carbocycles. The molecule has 0 atom stereocenters. The number of hydrogen-bond acceptors (Lipinski definition) is 4. The zero-order valence-corrected chi connectivity index (χ0v) is 16.9. The maximum absolute atomic E-state index is 12.2. The number of aromatic nitrogens is 2. The Balaban J connectivity index is 1.24. The zero-order chi connectivity index (χ0) is 19.3. The van der Waals surface area contributed by atoms with E-state index in [0.717, 1.165) is 81.0 Å². The van der Waals surface area contributed by atoms with Crippen molar-refractivity contribution in [2.24, 2.45) is 0 Å². The summed E-state index contributed by atoms with van der Waals surface area (Å²) in [4.78, 5) is 22.6. The molecule has 1 aliphatic heterocycles. The summed E-state index contributed by atoms with van der Waals surface area (Å²) in [5.74, 6) is 2.45. The third-order valence-electron chi connectivity index (χ3n) is 6.30. The number of piperidine rings is 1. The molecule has 5 heteroatoms. The fourth-order valence-electron chi connectivity index (χ4n) is 4.61. The van der Waals surface area contributed by atoms with Crippen LogP contribution in [0.15, 0.2) is 29.1 Å². The summed E-state index contributed by atoms with van der Waals surface area (Å²) in [5, 5.41) is 0. The van der Waals surface area contributed by atoms with Gasteiger partial charge in [-0.2, -0.15) is 0 Å². The van der Waals surface area contributed by atoms with Crippen molar-refractivity contribution < 1.29 is 4.74 Å². The van der Waals surface area contributed by atoms with Crippen LogP contribution in [0, 0.1) is 0 Å². The molecule has 1 saturated heterocycles. The van der Waals surface area contributed by atoms with Gasteiger partial charge in [-0.3, -0.25) is 4.79 Å². The van der Waals surface area contributed by atoms with Gasteiger partial charge in [0.1, 0.15) is 11.6 Å². The van der Waals surface area contributed by atoms with Gasteiger partial charge in [-0.05, 0) is 88.2 Å². The van der Waals surface area contributed by atoms with E-state index in [9.17, 15) is 4.79 Å². The summed E-state index contributed by atoms with van der Waals surface area (Å²) in [5.41, 5.74) is 3.50. The lowest BCUT2D eigenvalue weighted by atomic mass is 9.89. The minimum Gasteiger partial charge on any atom is -0.497 e. The van der Waals surface area contributed by atoms with Crippen LogP contribution < -0.4 is 10.3 Å². The topological polar surface area (TPSA) is 58.2 Å². The molecule has 1 aromatic heterocycles. The molecule has 0 spiro atoms. The van der Waals surface area contributed by atoms with Crippen LogP contribution in [0.5, 0.6) is 5.75 Å². The molecule has 0 bridgehead atoms. The molecule has 1 N–H and O–H groups in total. The number of fused-ring (bicyclic) bond motifs is 1. The number of nitrogens with zero attached hydrogens (tertiary/aromatic N) is 2. The van der Waals surface area contributed by atoms with Crippen LogP contribution in [-0.4, -0.2) is 41.6 Å². The molecule has 0 unspecified atom stereocenters. The Bertz CT molecular complexity index is 836. The van der Waals surface area contributed by atoms with E-state index in [4.69, 9.17) is 9.72 Å². The number of nitrogens with one attached hydrogen (secondary N) is 1. The molecule has 2 heterocycles. The first-order valence-electron chi connectivity index (χ1n) is 10.7. The number of aromatic amines is 1. The molecule has 0 saturated carbocycles. The summed E-state index contributed by atoms with van der Waals surface area (Å²) >= 11 is 0. The molecule has 150 valence electrons. The average Bonchev–Trinajstić information content (AvgIpc) is 2.74. The minimum absolute atomic E-state index is 0.0972. The Labute approximate surface area is 167 Å². The van der Waals surface area contributed by atoms with Crippen LogP contribution in [0.1, 0.15) is 60.7 Å². The van der Waals surface area contributed by atoms with Gasteiger partial charge in [0.15, 0.2) is 0 Å². The summed E-state index contributed by atoms with van der Waals surface area (Å²) in [6.45, 7) is 3.37. The third-order valence-corrected chi connectivity index (χ3v) is 6.30. The first-order chi connectivity index (χ1) is 13.7. The summed E-state index contributed by atoms with van der Waals surface area (Å²) < 4.78 is 5.26. The Kier molecular flexibility index (Phi) is 6.10. The fourth-order valence-corrected chi connectivity index (χ4v) is 4.61. The second-order valence-corrected chi connectivity index (χ2v) is 8.14. The van der Waals surface area contributed by atoms with Crippen LogP contribution in [0.25, 0.3) is 0 Å². The van der Waals surface area contributed by atoms with Crippen molar-refractivity contribution in [1.29, 1.82) is 0 Å². The fraction of sp³-hybridized carbons (Fsp3) is 0.565. The van der Waals surface area contributed by atoms with Gasteiger partial charge in [0.05, 0.1) is 12.8 Å². The molecule has 1 fully saturated rings. The van der Waals surface area contributed by atoms with Gasteiger partial charge < -0.3 is 14.6 Å². The van der Waals surface area contributed by atoms with Crippen molar-refractivity contribution in [1.82, 2.24) is 14.9 Å². The zero-order valence-electron chi connectivity index (χ0n) is 16.9. The monoisotopic (exact) mass is 381 g/mol. The number of hydrogen-bond donors (Lipinski definition) is 1. The third kappa shape index (κ3) is 4.46. The highest BCUT2D eigenvalue weighted by atomic mass is 16.5. The largest absolute Gasteiger partial charge is 0.497 e. The van der Waals surface area contributed by atoms with Crippen molar-refractivity contribution in [3.8, 4) is 5.75 Å². The van der Waals surface area contributed by atoms with Crippen molar-refractivity contribution >= 4 is 0 Å². The number of benzene rings is 1. The highest BCUT2D eigenvalue weighted by molar-refractivity contribution is 5.29. The summed E-state index contributed by atoms with van der Waals surface area (Å²) in [6.07, 6.45) is 8.46. The average molecular weight is 382 g/mol. The van der Waals surface area contributed by atoms with E-state index in [2.05, 4.69) is 34.1 Å². The van der Waals surface area contributed by atoms with Gasteiger partial charge in [0.2, 0.25) is 0 Å². The van der Waals surface area contributed by atoms with Crippen LogP contribution >= 0.6 is 0 Å². The van der Waals surface area contributed by atoms with Gasteiger partial charge >= 0.3 is 0 Å². The number of ether oxygens (including phenoxy) is 1. The van der Waals surface area contributed by atoms with Gasteiger partial charge in [0, 0.05) is 12.0 Å². The number of rotatable bonds is 6. The molecule has 28 heavy (non-hydrogen) atoms. The van der Waals surface area contributed by atoms with Crippen LogP contribution in [0.4, 0.5) is 0 Å². The van der Waals surface area contributed by atoms with E-state index in [1.165, 1.54) is 18.4 Å². The van der Waals surface area contributed by atoms with Crippen LogP contribution in [0.3, 0.4) is 0 Å². The number of methoxy groups -OCH3 is 1. The lowest BCUT2D eigenvalue weighted by Crippen LogP contribution is -2.34. The SMILES string of the molecule is COc1ccc(C2CCN(CCCc3nc4c(c(=O)[nH]3)CCCC4)CC2)cc1. The van der Waals surface area contributed by atoms with Crippen molar-refractivity contribution in [3.05, 3.63) is 57.3 Å². The van der Waals surface area contributed by atoms with E-state index in [1.54, 1.807) is 7.11 Å². The number of H-pyrrole nitrogens is 1. The van der Waals surface area contributed by atoms with E-state index < -0.39 is 0 Å². The van der Waals surface area contributed by atoms with E-state index in [1.807, 2.05) is 0 Å². The highest BCUT2D eigenvalue weighted by Crippen LogP contribution is 2.29. The second-order valence-electron chi connectivity index (χ2n) is 8.14. The van der Waals surface area contributed by atoms with Gasteiger partial charge in [-0.1, -0.05) is 12.1 Å². The molecule has 0 radical (unpaired) electrons. The molecule has 2 aliphatic rings. The smallest absolute Gasteiger partial charge is 0.254 e. The summed E-state index contributed by atoms with van der Waals surface area (Å²) in [6, 6.07) is 8.54. The molecule has 4 rings (SSSR count). The lowest BCUT2D eigenvalue weighted by molar-refractivity contribution is 0.210. The van der Waals surface area contributed by atoms with Crippen LogP contribution in [0.2, 0.25) is 0 Å². The van der Waals surface area contributed by atoms with Gasteiger partial charge in [-0.25, -0.2) is 4.98 Å². The maximum atomic E-state index is 12.2. The number of aryl methyl sites for hydroxylation is 2. The first kappa shape index (κ1) is 19.2. The molecule has 5 nitrogen and oxygen atoms in total. The second kappa shape index (κ2) is 8.91. The van der Waals surface area contributed by atoms with E-state index in [0.29, 0.717) is 5.92 Å². The Morgan fingerprint density at radius 2 is 1.89 bits per heavy atom.